The maximum Gasteiger partial charge on any atom is 0.300 e. The van der Waals surface area contributed by atoms with Crippen LogP contribution in [0, 0.1) is 0 Å². The van der Waals surface area contributed by atoms with E-state index in [2.05, 4.69) is 0 Å². The Labute approximate surface area is 177 Å². The second-order valence-electron chi connectivity index (χ2n) is 7.05. The van der Waals surface area contributed by atoms with Gasteiger partial charge in [-0.1, -0.05) is 72.8 Å². The molecule has 0 bridgehead atoms. The molecule has 5 rings (SSSR count). The lowest BCUT2D eigenvalue weighted by atomic mass is 9.99. The number of fused-ring (bicyclic) bond motifs is 1. The Bertz CT molecular complexity index is 1290. The van der Waals surface area contributed by atoms with Gasteiger partial charge in [0.05, 0.1) is 11.3 Å². The number of anilines is 1. The molecule has 1 amide bonds. The van der Waals surface area contributed by atoms with Crippen molar-refractivity contribution in [1.82, 2.24) is 0 Å². The standard InChI is InChI=1S/C25H17NO3S/c27-23(17-9-2-1-3-10-17)21-22(20-14-7-15-30-20)26(25(29)24(21)28)19-13-6-11-16-8-4-5-12-18(16)19/h1-15,22,27H/b23-21-. The first-order valence-electron chi connectivity index (χ1n) is 9.54. The van der Waals surface area contributed by atoms with Crippen LogP contribution in [-0.2, 0) is 9.59 Å². The number of ketones is 1. The van der Waals surface area contributed by atoms with Crippen LogP contribution in [0.25, 0.3) is 16.5 Å². The van der Waals surface area contributed by atoms with E-state index in [4.69, 9.17) is 0 Å². The Morgan fingerprint density at radius 3 is 2.33 bits per heavy atom. The number of hydrogen-bond acceptors (Lipinski definition) is 4. The third-order valence-corrected chi connectivity index (χ3v) is 6.26. The predicted octanol–water partition coefficient (Wildman–Crippen LogP) is 5.53. The molecule has 4 aromatic rings. The Hall–Kier alpha value is -3.70. The number of carbonyl (C=O) groups is 2. The second-order valence-corrected chi connectivity index (χ2v) is 8.03. The molecular formula is C25H17NO3S. The number of aliphatic hydroxyl groups excluding tert-OH is 1. The topological polar surface area (TPSA) is 57.6 Å². The molecule has 1 aromatic heterocycles. The zero-order chi connectivity index (χ0) is 20.7. The summed E-state index contributed by atoms with van der Waals surface area (Å²) in [7, 11) is 0. The fraction of sp³-hybridized carbons (Fsp3) is 0.0400. The third kappa shape index (κ3) is 2.83. The molecule has 3 aromatic carbocycles. The predicted molar refractivity (Wildman–Crippen MR) is 119 cm³/mol. The van der Waals surface area contributed by atoms with Crippen LogP contribution in [0.1, 0.15) is 16.5 Å². The number of hydrogen-bond donors (Lipinski definition) is 1. The van der Waals surface area contributed by atoms with E-state index in [1.165, 1.54) is 16.2 Å². The Balaban J connectivity index is 1.77. The summed E-state index contributed by atoms with van der Waals surface area (Å²) in [5.74, 6) is -1.47. The van der Waals surface area contributed by atoms with Gasteiger partial charge in [-0.3, -0.25) is 14.5 Å². The van der Waals surface area contributed by atoms with Crippen LogP contribution in [0.3, 0.4) is 0 Å². The van der Waals surface area contributed by atoms with Gasteiger partial charge in [-0.15, -0.1) is 11.3 Å². The summed E-state index contributed by atoms with van der Waals surface area (Å²) < 4.78 is 0. The van der Waals surface area contributed by atoms with Crippen molar-refractivity contribution >= 4 is 45.2 Å². The average Bonchev–Trinajstić information content (AvgIpc) is 3.41. The van der Waals surface area contributed by atoms with Crippen LogP contribution in [0.5, 0.6) is 0 Å². The van der Waals surface area contributed by atoms with Gasteiger partial charge in [-0.2, -0.15) is 0 Å². The van der Waals surface area contributed by atoms with Gasteiger partial charge in [0.1, 0.15) is 11.8 Å². The van der Waals surface area contributed by atoms with E-state index < -0.39 is 17.7 Å². The van der Waals surface area contributed by atoms with E-state index in [0.29, 0.717) is 11.3 Å². The fourth-order valence-electron chi connectivity index (χ4n) is 3.97. The minimum absolute atomic E-state index is 0.113. The van der Waals surface area contributed by atoms with Gasteiger partial charge < -0.3 is 5.11 Å². The highest BCUT2D eigenvalue weighted by Gasteiger charge is 2.47. The van der Waals surface area contributed by atoms with Crippen molar-refractivity contribution in [2.45, 2.75) is 6.04 Å². The van der Waals surface area contributed by atoms with Crippen molar-refractivity contribution in [1.29, 1.82) is 0 Å². The molecule has 30 heavy (non-hydrogen) atoms. The van der Waals surface area contributed by atoms with Crippen molar-refractivity contribution in [2.24, 2.45) is 0 Å². The van der Waals surface area contributed by atoms with Crippen LogP contribution in [0.15, 0.2) is 95.9 Å². The van der Waals surface area contributed by atoms with Crippen molar-refractivity contribution in [3.05, 3.63) is 106 Å². The van der Waals surface area contributed by atoms with Gasteiger partial charge in [0.15, 0.2) is 0 Å². The monoisotopic (exact) mass is 411 g/mol. The summed E-state index contributed by atoms with van der Waals surface area (Å²) in [5, 5.41) is 14.8. The molecule has 0 saturated carbocycles. The maximum atomic E-state index is 13.2. The van der Waals surface area contributed by atoms with Gasteiger partial charge in [0.25, 0.3) is 11.7 Å². The molecule has 0 spiro atoms. The van der Waals surface area contributed by atoms with E-state index in [1.54, 1.807) is 24.3 Å². The SMILES string of the molecule is O=C1C(=O)N(c2cccc3ccccc23)C(c2cccs2)/C1=C(/O)c1ccccc1. The number of nitrogens with zero attached hydrogens (tertiary/aromatic N) is 1. The Kier molecular flexibility index (Phi) is 4.45. The molecule has 1 aliphatic rings. The third-order valence-electron chi connectivity index (χ3n) is 5.33. The van der Waals surface area contributed by atoms with Gasteiger partial charge in [0.2, 0.25) is 0 Å². The minimum Gasteiger partial charge on any atom is -0.507 e. The number of Topliss-reactive ketones (excluding diaryl/α,β-unsaturated/α-hetero) is 1. The van der Waals surface area contributed by atoms with Gasteiger partial charge in [-0.05, 0) is 22.9 Å². The summed E-state index contributed by atoms with van der Waals surface area (Å²) in [6.45, 7) is 0. The molecule has 1 aliphatic heterocycles. The summed E-state index contributed by atoms with van der Waals surface area (Å²) in [4.78, 5) is 28.7. The summed E-state index contributed by atoms with van der Waals surface area (Å²) >= 11 is 1.45. The zero-order valence-corrected chi connectivity index (χ0v) is 16.7. The second kappa shape index (κ2) is 7.28. The summed E-state index contributed by atoms with van der Waals surface area (Å²) in [5.41, 5.74) is 1.28. The normalized spacial score (nSPS) is 18.3. The molecule has 1 fully saturated rings. The molecule has 0 radical (unpaired) electrons. The van der Waals surface area contributed by atoms with Crippen molar-refractivity contribution in [3.8, 4) is 0 Å². The zero-order valence-electron chi connectivity index (χ0n) is 15.9. The number of amides is 1. The van der Waals surface area contributed by atoms with Crippen LogP contribution < -0.4 is 4.90 Å². The van der Waals surface area contributed by atoms with E-state index in [1.807, 2.05) is 66.0 Å². The highest BCUT2D eigenvalue weighted by Crippen LogP contribution is 2.45. The van der Waals surface area contributed by atoms with Crippen molar-refractivity contribution < 1.29 is 14.7 Å². The van der Waals surface area contributed by atoms with Crippen LogP contribution in [0.2, 0.25) is 0 Å². The number of benzene rings is 3. The molecule has 5 heteroatoms. The lowest BCUT2D eigenvalue weighted by Gasteiger charge is -2.25. The lowest BCUT2D eigenvalue weighted by molar-refractivity contribution is -0.132. The molecule has 0 aliphatic carbocycles. The van der Waals surface area contributed by atoms with E-state index in [-0.39, 0.29) is 11.3 Å². The first-order valence-corrected chi connectivity index (χ1v) is 10.4. The van der Waals surface area contributed by atoms with Gasteiger partial charge in [0, 0.05) is 15.8 Å². The highest BCUT2D eigenvalue weighted by atomic mass is 32.1. The largest absolute Gasteiger partial charge is 0.507 e. The molecule has 1 unspecified atom stereocenters. The maximum absolute atomic E-state index is 13.2. The summed E-state index contributed by atoms with van der Waals surface area (Å²) in [6.07, 6.45) is 0. The van der Waals surface area contributed by atoms with E-state index >= 15 is 0 Å². The molecule has 1 saturated heterocycles. The molecule has 1 N–H and O–H groups in total. The van der Waals surface area contributed by atoms with E-state index in [0.717, 1.165) is 15.6 Å². The Morgan fingerprint density at radius 2 is 1.57 bits per heavy atom. The smallest absolute Gasteiger partial charge is 0.300 e. The Morgan fingerprint density at radius 1 is 0.833 bits per heavy atom. The lowest BCUT2D eigenvalue weighted by Crippen LogP contribution is -2.29. The van der Waals surface area contributed by atoms with Gasteiger partial charge in [-0.25, -0.2) is 0 Å². The molecule has 146 valence electrons. The molecule has 1 atom stereocenters. The first-order chi connectivity index (χ1) is 14.7. The molecular weight excluding hydrogens is 394 g/mol. The molecule has 4 nitrogen and oxygen atoms in total. The number of thiophene rings is 1. The van der Waals surface area contributed by atoms with Crippen molar-refractivity contribution in [3.63, 3.8) is 0 Å². The molecule has 2 heterocycles. The summed E-state index contributed by atoms with van der Waals surface area (Å²) in [6, 6.07) is 25.4. The van der Waals surface area contributed by atoms with E-state index in [9.17, 15) is 14.7 Å². The van der Waals surface area contributed by atoms with Crippen LogP contribution in [0.4, 0.5) is 5.69 Å². The van der Waals surface area contributed by atoms with Gasteiger partial charge >= 0.3 is 0 Å². The van der Waals surface area contributed by atoms with Crippen molar-refractivity contribution in [2.75, 3.05) is 4.90 Å². The number of carbonyl (C=O) groups excluding carboxylic acids is 2. The fourth-order valence-corrected chi connectivity index (χ4v) is 4.79. The highest BCUT2D eigenvalue weighted by molar-refractivity contribution is 7.10. The number of aliphatic hydroxyl groups is 1. The minimum atomic E-state index is -0.684. The van der Waals surface area contributed by atoms with Crippen LogP contribution >= 0.6 is 11.3 Å². The first kappa shape index (κ1) is 18.3. The quantitative estimate of drug-likeness (QED) is 0.274. The number of rotatable bonds is 3. The van der Waals surface area contributed by atoms with Crippen LogP contribution in [-0.4, -0.2) is 16.8 Å². The average molecular weight is 411 g/mol.